The summed E-state index contributed by atoms with van der Waals surface area (Å²) in [5.41, 5.74) is 0.887. The molecule has 0 atom stereocenters. The third-order valence-electron chi connectivity index (χ3n) is 3.82. The van der Waals surface area contributed by atoms with Crippen LogP contribution in [-0.4, -0.2) is 28.2 Å². The molecular formula is C20H15FN4O5. The number of carboxylic acid groups (broad SMARTS) is 1. The van der Waals surface area contributed by atoms with Gasteiger partial charge >= 0.3 is 12.0 Å². The normalized spacial score (nSPS) is 10.2. The molecule has 0 bridgehead atoms. The summed E-state index contributed by atoms with van der Waals surface area (Å²) in [6.07, 6.45) is 0. The third-order valence-corrected chi connectivity index (χ3v) is 3.82. The minimum Gasteiger partial charge on any atom is -0.477 e. The number of carbonyl (C=O) groups is 3. The van der Waals surface area contributed by atoms with Crippen molar-refractivity contribution in [3.63, 3.8) is 0 Å². The van der Waals surface area contributed by atoms with Crippen LogP contribution in [0.5, 0.6) is 0 Å². The fourth-order valence-electron chi connectivity index (χ4n) is 2.34. The van der Waals surface area contributed by atoms with Crippen LogP contribution in [0, 0.1) is 5.82 Å². The molecule has 1 aromatic heterocycles. The topological polar surface area (TPSA) is 134 Å². The fraction of sp³-hybridized carbons (Fsp3) is 0. The summed E-state index contributed by atoms with van der Waals surface area (Å²) in [5.74, 6) is -2.92. The van der Waals surface area contributed by atoms with Crippen LogP contribution in [0.15, 0.2) is 71.4 Å². The van der Waals surface area contributed by atoms with Gasteiger partial charge in [0.1, 0.15) is 17.2 Å². The van der Waals surface area contributed by atoms with Crippen molar-refractivity contribution in [2.24, 2.45) is 0 Å². The molecule has 9 nitrogen and oxygen atoms in total. The molecule has 0 saturated heterocycles. The third kappa shape index (κ3) is 4.87. The first-order valence-corrected chi connectivity index (χ1v) is 8.46. The SMILES string of the molecule is C=C(NC(=O)c1cc(-c2ccc(NC(=O)Nc3ccccc3F)cc2)no1)C(=O)O. The van der Waals surface area contributed by atoms with E-state index in [9.17, 15) is 18.8 Å². The number of rotatable bonds is 6. The predicted octanol–water partition coefficient (Wildman–Crippen LogP) is 3.45. The Morgan fingerprint density at radius 2 is 1.73 bits per heavy atom. The number of hydrogen-bond acceptors (Lipinski definition) is 5. The lowest BCUT2D eigenvalue weighted by molar-refractivity contribution is -0.132. The number of anilines is 2. The Morgan fingerprint density at radius 3 is 2.40 bits per heavy atom. The number of carboxylic acids is 1. The summed E-state index contributed by atoms with van der Waals surface area (Å²) in [7, 11) is 0. The van der Waals surface area contributed by atoms with Gasteiger partial charge in [0.2, 0.25) is 5.76 Å². The van der Waals surface area contributed by atoms with Gasteiger partial charge in [-0.05, 0) is 24.3 Å². The quantitative estimate of drug-likeness (QED) is 0.460. The van der Waals surface area contributed by atoms with E-state index in [1.807, 2.05) is 0 Å². The van der Waals surface area contributed by atoms with Gasteiger partial charge in [-0.25, -0.2) is 14.0 Å². The van der Waals surface area contributed by atoms with Crippen LogP contribution in [0.3, 0.4) is 0 Å². The van der Waals surface area contributed by atoms with Gasteiger partial charge < -0.3 is 25.6 Å². The van der Waals surface area contributed by atoms with Crippen molar-refractivity contribution in [3.05, 3.63) is 78.5 Å². The second-order valence-electron chi connectivity index (χ2n) is 5.95. The Bertz CT molecular complexity index is 1120. The fourth-order valence-corrected chi connectivity index (χ4v) is 2.34. The number of nitrogens with one attached hydrogen (secondary N) is 3. The second-order valence-corrected chi connectivity index (χ2v) is 5.95. The van der Waals surface area contributed by atoms with E-state index in [1.54, 1.807) is 30.3 Å². The highest BCUT2D eigenvalue weighted by Crippen LogP contribution is 2.22. The van der Waals surface area contributed by atoms with Crippen molar-refractivity contribution in [1.29, 1.82) is 0 Å². The minimum atomic E-state index is -1.37. The second kappa shape index (κ2) is 8.69. The van der Waals surface area contributed by atoms with Crippen molar-refractivity contribution in [2.75, 3.05) is 10.6 Å². The van der Waals surface area contributed by atoms with Gasteiger partial charge in [0.15, 0.2) is 0 Å². The number of benzene rings is 2. The molecule has 4 N–H and O–H groups in total. The summed E-state index contributed by atoms with van der Waals surface area (Å²) in [6, 6.07) is 12.9. The van der Waals surface area contributed by atoms with Crippen LogP contribution in [0.25, 0.3) is 11.3 Å². The zero-order valence-corrected chi connectivity index (χ0v) is 15.3. The predicted molar refractivity (Wildman–Crippen MR) is 105 cm³/mol. The highest BCUT2D eigenvalue weighted by Gasteiger charge is 2.17. The molecule has 0 unspecified atom stereocenters. The maximum Gasteiger partial charge on any atom is 0.351 e. The summed E-state index contributed by atoms with van der Waals surface area (Å²) in [4.78, 5) is 34.6. The Labute approximate surface area is 169 Å². The van der Waals surface area contributed by atoms with Crippen molar-refractivity contribution in [3.8, 4) is 11.3 Å². The number of halogens is 1. The highest BCUT2D eigenvalue weighted by atomic mass is 19.1. The van der Waals surface area contributed by atoms with Crippen LogP contribution in [0.1, 0.15) is 10.6 Å². The number of aliphatic carboxylic acids is 1. The Morgan fingerprint density at radius 1 is 1.03 bits per heavy atom. The van der Waals surface area contributed by atoms with Gasteiger partial charge in [0, 0.05) is 17.3 Å². The molecular weight excluding hydrogens is 395 g/mol. The van der Waals surface area contributed by atoms with Crippen molar-refractivity contribution >= 4 is 29.3 Å². The average Bonchev–Trinajstić information content (AvgIpc) is 3.20. The number of hydrogen-bond donors (Lipinski definition) is 4. The monoisotopic (exact) mass is 410 g/mol. The van der Waals surface area contributed by atoms with E-state index in [4.69, 9.17) is 9.63 Å². The lowest BCUT2D eigenvalue weighted by Gasteiger charge is -2.08. The van der Waals surface area contributed by atoms with Crippen molar-refractivity contribution < 1.29 is 28.4 Å². The van der Waals surface area contributed by atoms with Gasteiger partial charge in [-0.3, -0.25) is 4.79 Å². The first kappa shape index (κ1) is 20.3. The number of amides is 3. The van der Waals surface area contributed by atoms with Crippen molar-refractivity contribution in [2.45, 2.75) is 0 Å². The standard InChI is InChI=1S/C20H15FN4O5/c1-11(19(27)28)22-18(26)17-10-16(25-30-17)12-6-8-13(9-7-12)23-20(29)24-15-5-3-2-4-14(15)21/h2-10H,1H2,(H,22,26)(H,27,28)(H2,23,24,29). The van der Waals surface area contributed by atoms with E-state index in [2.05, 4.69) is 27.7 Å². The molecule has 0 saturated carbocycles. The van der Waals surface area contributed by atoms with Crippen LogP contribution >= 0.6 is 0 Å². The largest absolute Gasteiger partial charge is 0.477 e. The van der Waals surface area contributed by atoms with Crippen LogP contribution < -0.4 is 16.0 Å². The molecule has 0 aliphatic carbocycles. The first-order chi connectivity index (χ1) is 14.3. The van der Waals surface area contributed by atoms with Gasteiger partial charge in [-0.15, -0.1) is 0 Å². The van der Waals surface area contributed by atoms with E-state index in [0.717, 1.165) is 0 Å². The Kier molecular flexibility index (Phi) is 5.87. The number of nitrogens with zero attached hydrogens (tertiary/aromatic N) is 1. The summed E-state index contributed by atoms with van der Waals surface area (Å²) in [5, 5.41) is 19.5. The Balaban J connectivity index is 1.63. The molecule has 1 heterocycles. The molecule has 10 heteroatoms. The van der Waals surface area contributed by atoms with Crippen molar-refractivity contribution in [1.82, 2.24) is 10.5 Å². The van der Waals surface area contributed by atoms with Gasteiger partial charge in [0.05, 0.1) is 5.69 Å². The van der Waals surface area contributed by atoms with Crippen LogP contribution in [0.4, 0.5) is 20.6 Å². The zero-order chi connectivity index (χ0) is 21.7. The lowest BCUT2D eigenvalue weighted by Crippen LogP contribution is -2.26. The molecule has 3 rings (SSSR count). The van der Waals surface area contributed by atoms with E-state index >= 15 is 0 Å². The molecule has 3 amide bonds. The molecule has 152 valence electrons. The maximum absolute atomic E-state index is 13.6. The zero-order valence-electron chi connectivity index (χ0n) is 15.3. The van der Waals surface area contributed by atoms with E-state index in [1.165, 1.54) is 24.3 Å². The average molecular weight is 410 g/mol. The molecule has 0 fully saturated rings. The van der Waals surface area contributed by atoms with E-state index < -0.39 is 29.4 Å². The lowest BCUT2D eigenvalue weighted by atomic mass is 10.1. The van der Waals surface area contributed by atoms with Crippen LogP contribution in [-0.2, 0) is 4.79 Å². The number of carbonyl (C=O) groups excluding carboxylic acids is 2. The van der Waals surface area contributed by atoms with Crippen LogP contribution in [0.2, 0.25) is 0 Å². The Hall–Kier alpha value is -4.47. The number of urea groups is 1. The highest BCUT2D eigenvalue weighted by molar-refractivity contribution is 6.00. The first-order valence-electron chi connectivity index (χ1n) is 8.46. The molecule has 0 spiro atoms. The molecule has 0 aliphatic rings. The molecule has 0 aliphatic heterocycles. The van der Waals surface area contributed by atoms with Gasteiger partial charge in [0.25, 0.3) is 5.91 Å². The molecule has 2 aromatic carbocycles. The van der Waals surface area contributed by atoms with Gasteiger partial charge in [-0.1, -0.05) is 36.0 Å². The number of aromatic nitrogens is 1. The maximum atomic E-state index is 13.6. The summed E-state index contributed by atoms with van der Waals surface area (Å²) >= 11 is 0. The summed E-state index contributed by atoms with van der Waals surface area (Å²) in [6.45, 7) is 3.20. The smallest absolute Gasteiger partial charge is 0.351 e. The summed E-state index contributed by atoms with van der Waals surface area (Å²) < 4.78 is 18.5. The van der Waals surface area contributed by atoms with E-state index in [-0.39, 0.29) is 11.4 Å². The molecule has 3 aromatic rings. The molecule has 0 radical (unpaired) electrons. The minimum absolute atomic E-state index is 0.0469. The molecule has 30 heavy (non-hydrogen) atoms. The van der Waals surface area contributed by atoms with Gasteiger partial charge in [-0.2, -0.15) is 0 Å². The number of para-hydroxylation sites is 1. The van der Waals surface area contributed by atoms with E-state index in [0.29, 0.717) is 16.9 Å².